The van der Waals surface area contributed by atoms with E-state index < -0.39 is 0 Å². The van der Waals surface area contributed by atoms with Gasteiger partial charge in [-0.1, -0.05) is 31.4 Å². The minimum Gasteiger partial charge on any atom is -0.391 e. The van der Waals surface area contributed by atoms with Gasteiger partial charge in [0.05, 0.1) is 12.1 Å². The van der Waals surface area contributed by atoms with E-state index in [1.807, 2.05) is 13.8 Å². The summed E-state index contributed by atoms with van der Waals surface area (Å²) in [6.07, 6.45) is 4.54. The first-order valence-electron chi connectivity index (χ1n) is 6.59. The molecule has 100 valence electrons. The number of aliphatic hydroxyl groups excluding tert-OH is 1. The number of halogens is 1. The maximum Gasteiger partial charge on any atom is 0.137 e. The number of aryl methyl sites for hydroxylation is 1. The Bertz CT molecular complexity index is 425. The Hall–Kier alpha value is -0.870. The van der Waals surface area contributed by atoms with Crippen LogP contribution in [0.2, 0.25) is 5.15 Å². The van der Waals surface area contributed by atoms with Crippen LogP contribution in [0.3, 0.4) is 0 Å². The maximum atomic E-state index is 9.98. The van der Waals surface area contributed by atoms with Crippen molar-refractivity contribution in [3.05, 3.63) is 16.5 Å². The van der Waals surface area contributed by atoms with E-state index >= 15 is 0 Å². The highest BCUT2D eigenvalue weighted by Crippen LogP contribution is 2.25. The molecule has 1 aromatic rings. The smallest absolute Gasteiger partial charge is 0.137 e. The summed E-state index contributed by atoms with van der Waals surface area (Å²) < 4.78 is 0. The largest absolute Gasteiger partial charge is 0.391 e. The number of aliphatic hydroxyl groups is 1. The molecule has 2 atom stereocenters. The van der Waals surface area contributed by atoms with Crippen molar-refractivity contribution in [1.82, 2.24) is 9.97 Å². The van der Waals surface area contributed by atoms with Crippen molar-refractivity contribution >= 4 is 17.4 Å². The topological polar surface area (TPSA) is 58.0 Å². The Kier molecular flexibility index (Phi) is 4.40. The second-order valence-electron chi connectivity index (χ2n) is 4.86. The van der Waals surface area contributed by atoms with Gasteiger partial charge in [-0.15, -0.1) is 0 Å². The Morgan fingerprint density at radius 3 is 2.72 bits per heavy atom. The number of rotatable bonds is 3. The van der Waals surface area contributed by atoms with Gasteiger partial charge in [-0.05, 0) is 19.8 Å². The molecular formula is C13H20ClN3O. The first-order chi connectivity index (χ1) is 8.61. The highest BCUT2D eigenvalue weighted by molar-refractivity contribution is 6.30. The van der Waals surface area contributed by atoms with Crippen LogP contribution in [-0.2, 0) is 6.42 Å². The van der Waals surface area contributed by atoms with Gasteiger partial charge >= 0.3 is 0 Å². The molecule has 5 heteroatoms. The normalized spacial score (nSPS) is 24.0. The van der Waals surface area contributed by atoms with Crippen molar-refractivity contribution in [3.63, 3.8) is 0 Å². The lowest BCUT2D eigenvalue weighted by Gasteiger charge is -2.29. The standard InChI is InChI=1S/C13H20ClN3O/c1-3-11-16-12(14)8(2)13(17-11)15-9-6-4-5-7-10(9)18/h9-10,18H,3-7H2,1-2H3,(H,15,16,17). The molecule has 18 heavy (non-hydrogen) atoms. The molecule has 1 fully saturated rings. The summed E-state index contributed by atoms with van der Waals surface area (Å²) in [5.74, 6) is 1.50. The monoisotopic (exact) mass is 269 g/mol. The minimum absolute atomic E-state index is 0.0770. The molecule has 0 aromatic carbocycles. The van der Waals surface area contributed by atoms with E-state index in [9.17, 15) is 5.11 Å². The molecule has 2 N–H and O–H groups in total. The molecule has 4 nitrogen and oxygen atoms in total. The predicted octanol–water partition coefficient (Wildman–Crippen LogP) is 2.72. The third-order valence-electron chi connectivity index (χ3n) is 3.50. The molecule has 0 bridgehead atoms. The van der Waals surface area contributed by atoms with Crippen LogP contribution in [-0.4, -0.2) is 27.2 Å². The van der Waals surface area contributed by atoms with Gasteiger partial charge in [-0.3, -0.25) is 0 Å². The van der Waals surface area contributed by atoms with Crippen molar-refractivity contribution in [2.45, 2.75) is 58.1 Å². The molecule has 2 rings (SSSR count). The maximum absolute atomic E-state index is 9.98. The third kappa shape index (κ3) is 2.93. The Labute approximate surface area is 113 Å². The number of hydrogen-bond acceptors (Lipinski definition) is 4. The molecule has 1 saturated carbocycles. The van der Waals surface area contributed by atoms with E-state index in [0.29, 0.717) is 5.15 Å². The second-order valence-corrected chi connectivity index (χ2v) is 5.22. The predicted molar refractivity (Wildman–Crippen MR) is 73.0 cm³/mol. The lowest BCUT2D eigenvalue weighted by Crippen LogP contribution is -2.36. The van der Waals surface area contributed by atoms with Gasteiger partial charge in [-0.2, -0.15) is 0 Å². The zero-order valence-electron chi connectivity index (χ0n) is 10.9. The number of nitrogens with one attached hydrogen (secondary N) is 1. The Morgan fingerprint density at radius 2 is 2.06 bits per heavy atom. The molecule has 0 aliphatic heterocycles. The van der Waals surface area contributed by atoms with E-state index in [1.165, 1.54) is 0 Å². The van der Waals surface area contributed by atoms with Gasteiger partial charge in [0.15, 0.2) is 0 Å². The molecular weight excluding hydrogens is 250 g/mol. The molecule has 2 unspecified atom stereocenters. The van der Waals surface area contributed by atoms with Crippen molar-refractivity contribution in [1.29, 1.82) is 0 Å². The molecule has 0 spiro atoms. The van der Waals surface area contributed by atoms with E-state index in [2.05, 4.69) is 15.3 Å². The summed E-state index contributed by atoms with van der Waals surface area (Å²) in [6, 6.07) is 0.0770. The highest BCUT2D eigenvalue weighted by Gasteiger charge is 2.24. The summed E-state index contributed by atoms with van der Waals surface area (Å²) in [7, 11) is 0. The molecule has 1 aliphatic carbocycles. The Balaban J connectivity index is 2.19. The Morgan fingerprint density at radius 1 is 1.33 bits per heavy atom. The average molecular weight is 270 g/mol. The third-order valence-corrected chi connectivity index (χ3v) is 3.87. The molecule has 0 radical (unpaired) electrons. The molecule has 0 amide bonds. The summed E-state index contributed by atoms with van der Waals surface area (Å²) in [4.78, 5) is 8.68. The summed E-state index contributed by atoms with van der Waals surface area (Å²) in [5, 5.41) is 13.8. The zero-order valence-corrected chi connectivity index (χ0v) is 11.7. The quantitative estimate of drug-likeness (QED) is 0.829. The van der Waals surface area contributed by atoms with Crippen LogP contribution in [0.1, 0.15) is 44.0 Å². The van der Waals surface area contributed by atoms with Crippen molar-refractivity contribution in [2.75, 3.05) is 5.32 Å². The minimum atomic E-state index is -0.294. The van der Waals surface area contributed by atoms with Crippen molar-refractivity contribution in [3.8, 4) is 0 Å². The fourth-order valence-corrected chi connectivity index (χ4v) is 2.47. The summed E-state index contributed by atoms with van der Waals surface area (Å²) >= 11 is 6.10. The molecule has 0 saturated heterocycles. The molecule has 1 heterocycles. The highest BCUT2D eigenvalue weighted by atomic mass is 35.5. The van der Waals surface area contributed by atoms with E-state index in [-0.39, 0.29) is 12.1 Å². The van der Waals surface area contributed by atoms with E-state index in [4.69, 9.17) is 11.6 Å². The lowest BCUT2D eigenvalue weighted by molar-refractivity contribution is 0.116. The number of nitrogens with zero attached hydrogens (tertiary/aromatic N) is 2. The number of hydrogen-bond donors (Lipinski definition) is 2. The van der Waals surface area contributed by atoms with Crippen LogP contribution < -0.4 is 5.32 Å². The van der Waals surface area contributed by atoms with Gasteiger partial charge in [0.2, 0.25) is 0 Å². The SMILES string of the molecule is CCc1nc(Cl)c(C)c(NC2CCCCC2O)n1. The van der Waals surface area contributed by atoms with Crippen LogP contribution >= 0.6 is 11.6 Å². The lowest BCUT2D eigenvalue weighted by atomic mass is 9.92. The molecule has 1 aromatic heterocycles. The zero-order chi connectivity index (χ0) is 13.1. The van der Waals surface area contributed by atoms with Crippen LogP contribution in [0.25, 0.3) is 0 Å². The fourth-order valence-electron chi connectivity index (χ4n) is 2.29. The average Bonchev–Trinajstić information content (AvgIpc) is 2.37. The van der Waals surface area contributed by atoms with Crippen LogP contribution in [0.4, 0.5) is 5.82 Å². The number of anilines is 1. The van der Waals surface area contributed by atoms with Crippen LogP contribution in [0.5, 0.6) is 0 Å². The first kappa shape index (κ1) is 13.6. The van der Waals surface area contributed by atoms with E-state index in [0.717, 1.165) is 49.3 Å². The van der Waals surface area contributed by atoms with Gasteiger partial charge in [0, 0.05) is 12.0 Å². The van der Waals surface area contributed by atoms with Crippen molar-refractivity contribution < 1.29 is 5.11 Å². The van der Waals surface area contributed by atoms with Gasteiger partial charge in [-0.25, -0.2) is 9.97 Å². The summed E-state index contributed by atoms with van der Waals surface area (Å²) in [6.45, 7) is 3.90. The van der Waals surface area contributed by atoms with Crippen molar-refractivity contribution in [2.24, 2.45) is 0 Å². The van der Waals surface area contributed by atoms with Gasteiger partial charge in [0.25, 0.3) is 0 Å². The van der Waals surface area contributed by atoms with E-state index in [1.54, 1.807) is 0 Å². The van der Waals surface area contributed by atoms with Gasteiger partial charge in [0.1, 0.15) is 16.8 Å². The van der Waals surface area contributed by atoms with Crippen LogP contribution in [0, 0.1) is 6.92 Å². The van der Waals surface area contributed by atoms with Gasteiger partial charge < -0.3 is 10.4 Å². The second kappa shape index (κ2) is 5.85. The number of aromatic nitrogens is 2. The fraction of sp³-hybridized carbons (Fsp3) is 0.692. The first-order valence-corrected chi connectivity index (χ1v) is 6.97. The summed E-state index contributed by atoms with van der Waals surface area (Å²) in [5.41, 5.74) is 0.853. The molecule has 1 aliphatic rings. The van der Waals surface area contributed by atoms with Crippen LogP contribution in [0.15, 0.2) is 0 Å².